The Labute approximate surface area is 140 Å². The Kier molecular flexibility index (Phi) is 4.49. The molecule has 112 valence electrons. The van der Waals surface area contributed by atoms with Gasteiger partial charge in [-0.3, -0.25) is 4.79 Å². The van der Waals surface area contributed by atoms with E-state index in [4.69, 9.17) is 4.42 Å². The molecule has 3 aromatic rings. The topological polar surface area (TPSA) is 55.1 Å². The van der Waals surface area contributed by atoms with Crippen molar-refractivity contribution in [3.8, 4) is 0 Å². The van der Waals surface area contributed by atoms with Gasteiger partial charge in [0, 0.05) is 10.2 Å². The van der Waals surface area contributed by atoms with Crippen molar-refractivity contribution in [2.45, 2.75) is 12.1 Å². The number of carbonyl (C=O) groups is 1. The van der Waals surface area contributed by atoms with Gasteiger partial charge in [-0.25, -0.2) is 4.98 Å². The summed E-state index contributed by atoms with van der Waals surface area (Å²) in [6, 6.07) is 13.2. The summed E-state index contributed by atoms with van der Waals surface area (Å²) in [4.78, 5) is 16.3. The first-order valence-electron chi connectivity index (χ1n) is 6.66. The molecule has 0 spiro atoms. The Morgan fingerprint density at radius 2 is 2.14 bits per heavy atom. The van der Waals surface area contributed by atoms with E-state index in [2.05, 4.69) is 26.2 Å². The van der Waals surface area contributed by atoms with E-state index in [9.17, 15) is 4.79 Å². The van der Waals surface area contributed by atoms with Crippen LogP contribution < -0.4 is 5.32 Å². The van der Waals surface area contributed by atoms with Gasteiger partial charge in [-0.15, -0.1) is 0 Å². The number of aryl methyl sites for hydroxylation is 1. The first-order chi connectivity index (χ1) is 10.6. The van der Waals surface area contributed by atoms with Crippen molar-refractivity contribution in [1.82, 2.24) is 4.98 Å². The number of carbonyl (C=O) groups excluding carboxylic acids is 1. The third-order valence-electron chi connectivity index (χ3n) is 3.04. The molecule has 0 atom stereocenters. The van der Waals surface area contributed by atoms with E-state index in [-0.39, 0.29) is 11.7 Å². The van der Waals surface area contributed by atoms with Gasteiger partial charge in [-0.05, 0) is 42.8 Å². The van der Waals surface area contributed by atoms with Crippen LogP contribution in [0.1, 0.15) is 5.56 Å². The molecule has 6 heteroatoms. The van der Waals surface area contributed by atoms with Crippen LogP contribution in [0.3, 0.4) is 0 Å². The highest BCUT2D eigenvalue weighted by Gasteiger charge is 2.09. The number of oxazole rings is 1. The molecule has 22 heavy (non-hydrogen) atoms. The van der Waals surface area contributed by atoms with Crippen LogP contribution in [0.4, 0.5) is 5.69 Å². The fourth-order valence-electron chi connectivity index (χ4n) is 1.96. The molecule has 0 saturated carbocycles. The zero-order valence-corrected chi connectivity index (χ0v) is 14.2. The van der Waals surface area contributed by atoms with E-state index in [0.29, 0.717) is 5.22 Å². The zero-order chi connectivity index (χ0) is 15.5. The lowest BCUT2D eigenvalue weighted by atomic mass is 10.2. The molecule has 0 aliphatic rings. The van der Waals surface area contributed by atoms with Crippen LogP contribution in [0.2, 0.25) is 0 Å². The summed E-state index contributed by atoms with van der Waals surface area (Å²) < 4.78 is 6.59. The number of aromatic nitrogens is 1. The third kappa shape index (κ3) is 3.51. The minimum atomic E-state index is -0.0889. The zero-order valence-electron chi connectivity index (χ0n) is 11.8. The molecule has 1 heterocycles. The maximum absolute atomic E-state index is 12.0. The van der Waals surface area contributed by atoms with Crippen LogP contribution >= 0.6 is 27.7 Å². The van der Waals surface area contributed by atoms with Gasteiger partial charge >= 0.3 is 0 Å². The molecule has 0 aliphatic carbocycles. The van der Waals surface area contributed by atoms with E-state index in [1.54, 1.807) is 0 Å². The quantitative estimate of drug-likeness (QED) is 0.674. The second kappa shape index (κ2) is 6.54. The number of halogens is 1. The second-order valence-corrected chi connectivity index (χ2v) is 6.53. The van der Waals surface area contributed by atoms with Crippen molar-refractivity contribution in [1.29, 1.82) is 0 Å². The molecule has 0 aliphatic heterocycles. The number of hydrogen-bond acceptors (Lipinski definition) is 4. The Bertz CT molecular complexity index is 799. The summed E-state index contributed by atoms with van der Waals surface area (Å²) in [7, 11) is 0. The standard InChI is InChI=1S/C16H13BrN2O2S/c1-10-8-11(6-7-12(10)17)18-15(20)9-22-16-19-13-4-2-3-5-14(13)21-16/h2-8H,9H2,1H3,(H,18,20). The van der Waals surface area contributed by atoms with Crippen molar-refractivity contribution in [3.05, 3.63) is 52.5 Å². The first-order valence-corrected chi connectivity index (χ1v) is 8.44. The molecule has 1 amide bonds. The van der Waals surface area contributed by atoms with Crippen molar-refractivity contribution in [2.24, 2.45) is 0 Å². The lowest BCUT2D eigenvalue weighted by Gasteiger charge is -2.06. The second-order valence-electron chi connectivity index (χ2n) is 4.75. The van der Waals surface area contributed by atoms with E-state index >= 15 is 0 Å². The van der Waals surface area contributed by atoms with Crippen LogP contribution in [0.15, 0.2) is 56.6 Å². The summed E-state index contributed by atoms with van der Waals surface area (Å²) in [5.74, 6) is 0.163. The summed E-state index contributed by atoms with van der Waals surface area (Å²) in [5, 5.41) is 3.37. The first kappa shape index (κ1) is 15.1. The minimum Gasteiger partial charge on any atom is -0.431 e. The summed E-state index contributed by atoms with van der Waals surface area (Å²) in [5.41, 5.74) is 3.39. The number of hydrogen-bond donors (Lipinski definition) is 1. The van der Waals surface area contributed by atoms with Gasteiger partial charge < -0.3 is 9.73 Å². The van der Waals surface area contributed by atoms with E-state index < -0.39 is 0 Å². The molecule has 2 aromatic carbocycles. The van der Waals surface area contributed by atoms with Gasteiger partial charge in [-0.1, -0.05) is 39.8 Å². The van der Waals surface area contributed by atoms with Crippen LogP contribution in [-0.2, 0) is 4.79 Å². The summed E-state index contributed by atoms with van der Waals surface area (Å²) in [6.45, 7) is 1.98. The van der Waals surface area contributed by atoms with E-state index in [0.717, 1.165) is 26.8 Å². The van der Waals surface area contributed by atoms with Crippen LogP contribution in [0.5, 0.6) is 0 Å². The van der Waals surface area contributed by atoms with Gasteiger partial charge in [0.25, 0.3) is 5.22 Å². The SMILES string of the molecule is Cc1cc(NC(=O)CSc2nc3ccccc3o2)ccc1Br. The predicted molar refractivity (Wildman–Crippen MR) is 92.2 cm³/mol. The number of amides is 1. The molecular formula is C16H13BrN2O2S. The molecule has 4 nitrogen and oxygen atoms in total. The average molecular weight is 377 g/mol. The van der Waals surface area contributed by atoms with Gasteiger partial charge in [0.1, 0.15) is 5.52 Å². The molecule has 0 unspecified atom stereocenters. The monoisotopic (exact) mass is 376 g/mol. The van der Waals surface area contributed by atoms with Crippen molar-refractivity contribution >= 4 is 50.4 Å². The maximum Gasteiger partial charge on any atom is 0.257 e. The third-order valence-corrected chi connectivity index (χ3v) is 4.76. The number of nitrogens with one attached hydrogen (secondary N) is 1. The Hall–Kier alpha value is -1.79. The largest absolute Gasteiger partial charge is 0.431 e. The fraction of sp³-hybridized carbons (Fsp3) is 0.125. The number of benzene rings is 2. The van der Waals surface area contributed by atoms with Crippen LogP contribution in [0.25, 0.3) is 11.1 Å². The molecule has 3 rings (SSSR count). The smallest absolute Gasteiger partial charge is 0.257 e. The van der Waals surface area contributed by atoms with Gasteiger partial charge in [0.2, 0.25) is 5.91 Å². The fourth-order valence-corrected chi connectivity index (χ4v) is 2.84. The number of fused-ring (bicyclic) bond motifs is 1. The normalized spacial score (nSPS) is 10.8. The highest BCUT2D eigenvalue weighted by Crippen LogP contribution is 2.24. The van der Waals surface area contributed by atoms with Crippen LogP contribution in [0, 0.1) is 6.92 Å². The molecular weight excluding hydrogens is 364 g/mol. The molecule has 0 radical (unpaired) electrons. The average Bonchev–Trinajstić information content (AvgIpc) is 2.92. The number of thioether (sulfide) groups is 1. The summed E-state index contributed by atoms with van der Waals surface area (Å²) >= 11 is 4.72. The molecule has 1 aromatic heterocycles. The minimum absolute atomic E-state index is 0.0889. The summed E-state index contributed by atoms with van der Waals surface area (Å²) in [6.07, 6.45) is 0. The Balaban J connectivity index is 1.60. The highest BCUT2D eigenvalue weighted by atomic mass is 79.9. The lowest BCUT2D eigenvalue weighted by molar-refractivity contribution is -0.113. The molecule has 0 bridgehead atoms. The van der Waals surface area contributed by atoms with Crippen LogP contribution in [-0.4, -0.2) is 16.6 Å². The maximum atomic E-state index is 12.0. The van der Waals surface area contributed by atoms with Crippen molar-refractivity contribution in [3.63, 3.8) is 0 Å². The predicted octanol–water partition coefficient (Wildman–Crippen LogP) is 4.63. The van der Waals surface area contributed by atoms with E-state index in [1.807, 2.05) is 49.4 Å². The number of nitrogens with zero attached hydrogens (tertiary/aromatic N) is 1. The number of rotatable bonds is 4. The van der Waals surface area contributed by atoms with Gasteiger partial charge in [0.05, 0.1) is 5.75 Å². The molecule has 1 N–H and O–H groups in total. The Morgan fingerprint density at radius 1 is 1.32 bits per heavy atom. The molecule has 0 saturated heterocycles. The Morgan fingerprint density at radius 3 is 2.91 bits per heavy atom. The highest BCUT2D eigenvalue weighted by molar-refractivity contribution is 9.10. The van der Waals surface area contributed by atoms with Gasteiger partial charge in [0.15, 0.2) is 5.58 Å². The number of para-hydroxylation sites is 2. The van der Waals surface area contributed by atoms with Crippen molar-refractivity contribution in [2.75, 3.05) is 11.1 Å². The lowest BCUT2D eigenvalue weighted by Crippen LogP contribution is -2.14. The number of anilines is 1. The van der Waals surface area contributed by atoms with E-state index in [1.165, 1.54) is 11.8 Å². The van der Waals surface area contributed by atoms with Gasteiger partial charge in [-0.2, -0.15) is 0 Å². The van der Waals surface area contributed by atoms with Crippen molar-refractivity contribution < 1.29 is 9.21 Å². The molecule has 0 fully saturated rings.